The molecule has 2 rings (SSSR count). The van der Waals surface area contributed by atoms with Gasteiger partial charge in [0.15, 0.2) is 0 Å². The fourth-order valence-electron chi connectivity index (χ4n) is 2.37. The van der Waals surface area contributed by atoms with Crippen LogP contribution in [-0.4, -0.2) is 21.9 Å². The van der Waals surface area contributed by atoms with E-state index in [0.29, 0.717) is 12.1 Å². The summed E-state index contributed by atoms with van der Waals surface area (Å²) in [5.74, 6) is 0.922. The molecule has 1 aromatic heterocycles. The number of aromatic nitrogens is 2. The zero-order valence-corrected chi connectivity index (χ0v) is 13.3. The average Bonchev–Trinajstić information content (AvgIpc) is 2.91. The Morgan fingerprint density at radius 1 is 1.14 bits per heavy atom. The Hall–Kier alpha value is -1.81. The van der Waals surface area contributed by atoms with Gasteiger partial charge in [0.2, 0.25) is 0 Å². The van der Waals surface area contributed by atoms with Crippen molar-refractivity contribution in [3.63, 3.8) is 0 Å². The van der Waals surface area contributed by atoms with Crippen LogP contribution in [0, 0.1) is 0 Å². The molecule has 4 heteroatoms. The van der Waals surface area contributed by atoms with Crippen LogP contribution in [0.1, 0.15) is 39.3 Å². The lowest BCUT2D eigenvalue weighted by Gasteiger charge is -2.21. The van der Waals surface area contributed by atoms with Crippen LogP contribution in [0.3, 0.4) is 0 Å². The number of nitrogens with one attached hydrogen (secondary N) is 1. The maximum atomic E-state index is 5.67. The number of nitrogens with zero attached hydrogens (tertiary/aromatic N) is 2. The molecule has 2 unspecified atom stereocenters. The van der Waals surface area contributed by atoms with Crippen LogP contribution >= 0.6 is 0 Å². The van der Waals surface area contributed by atoms with Crippen LogP contribution in [0.4, 0.5) is 0 Å². The zero-order chi connectivity index (χ0) is 15.2. The molecule has 0 aliphatic carbocycles. The van der Waals surface area contributed by atoms with Gasteiger partial charge in [0.05, 0.1) is 12.6 Å². The molecule has 1 aromatic carbocycles. The summed E-state index contributed by atoms with van der Waals surface area (Å²) in [4.78, 5) is 0. The third-order valence-corrected chi connectivity index (χ3v) is 3.31. The highest BCUT2D eigenvalue weighted by molar-refractivity contribution is 5.29. The molecule has 0 bridgehead atoms. The molecule has 1 N–H and O–H groups in total. The molecule has 0 amide bonds. The molecule has 0 aliphatic rings. The highest BCUT2D eigenvalue weighted by Crippen LogP contribution is 2.19. The molecule has 0 saturated heterocycles. The minimum absolute atomic E-state index is 0.209. The predicted molar refractivity (Wildman–Crippen MR) is 85.4 cm³/mol. The van der Waals surface area contributed by atoms with Gasteiger partial charge in [-0.25, -0.2) is 0 Å². The quantitative estimate of drug-likeness (QED) is 0.848. The molecule has 21 heavy (non-hydrogen) atoms. The molecule has 0 saturated carbocycles. The lowest BCUT2D eigenvalue weighted by Crippen LogP contribution is -2.32. The van der Waals surface area contributed by atoms with Crippen molar-refractivity contribution in [2.75, 3.05) is 0 Å². The van der Waals surface area contributed by atoms with Crippen molar-refractivity contribution in [2.45, 2.75) is 52.4 Å². The Balaban J connectivity index is 1.88. The third-order valence-electron chi connectivity index (χ3n) is 3.31. The maximum absolute atomic E-state index is 5.67. The first-order valence-electron chi connectivity index (χ1n) is 7.54. The van der Waals surface area contributed by atoms with Crippen LogP contribution < -0.4 is 10.1 Å². The largest absolute Gasteiger partial charge is 0.491 e. The molecule has 0 aliphatic heterocycles. The van der Waals surface area contributed by atoms with Gasteiger partial charge >= 0.3 is 0 Å². The van der Waals surface area contributed by atoms with Crippen molar-refractivity contribution in [3.8, 4) is 5.75 Å². The summed E-state index contributed by atoms with van der Waals surface area (Å²) < 4.78 is 7.62. The summed E-state index contributed by atoms with van der Waals surface area (Å²) in [5.41, 5.74) is 1.26. The molecule has 1 heterocycles. The van der Waals surface area contributed by atoms with E-state index in [1.807, 2.05) is 49.1 Å². The van der Waals surface area contributed by atoms with Crippen LogP contribution in [0.25, 0.3) is 0 Å². The summed E-state index contributed by atoms with van der Waals surface area (Å²) in [7, 11) is 0. The number of rotatable bonds is 7. The number of hydrogen-bond donors (Lipinski definition) is 1. The van der Waals surface area contributed by atoms with Crippen LogP contribution in [0.2, 0.25) is 0 Å². The van der Waals surface area contributed by atoms with Crippen LogP contribution in [0.15, 0.2) is 42.7 Å². The molecule has 114 valence electrons. The summed E-state index contributed by atoms with van der Waals surface area (Å²) in [6.45, 7) is 9.29. The highest BCUT2D eigenvalue weighted by Gasteiger charge is 2.10. The van der Waals surface area contributed by atoms with Crippen LogP contribution in [0.5, 0.6) is 5.75 Å². The second-order valence-electron chi connectivity index (χ2n) is 5.75. The molecular formula is C17H25N3O. The lowest BCUT2D eigenvalue weighted by atomic mass is 10.1. The Morgan fingerprint density at radius 3 is 2.43 bits per heavy atom. The van der Waals surface area contributed by atoms with Crippen LogP contribution in [-0.2, 0) is 6.54 Å². The summed E-state index contributed by atoms with van der Waals surface area (Å²) in [6, 6.07) is 10.9. The molecule has 2 aromatic rings. The molecule has 2 atom stereocenters. The summed E-state index contributed by atoms with van der Waals surface area (Å²) >= 11 is 0. The monoisotopic (exact) mass is 287 g/mol. The number of benzene rings is 1. The molecule has 0 fully saturated rings. The predicted octanol–water partition coefficient (Wildman–Crippen LogP) is 3.41. The van der Waals surface area contributed by atoms with Gasteiger partial charge in [-0.1, -0.05) is 12.1 Å². The topological polar surface area (TPSA) is 39.1 Å². The van der Waals surface area contributed by atoms with Gasteiger partial charge < -0.3 is 10.1 Å². The van der Waals surface area contributed by atoms with Crippen molar-refractivity contribution < 1.29 is 4.74 Å². The van der Waals surface area contributed by atoms with Crippen molar-refractivity contribution in [1.29, 1.82) is 0 Å². The number of ether oxygens (including phenoxy) is 1. The Kier molecular flexibility index (Phi) is 5.39. The molecule has 0 radical (unpaired) electrons. The van der Waals surface area contributed by atoms with E-state index in [4.69, 9.17) is 4.74 Å². The summed E-state index contributed by atoms with van der Waals surface area (Å²) in [6.07, 6.45) is 4.00. The van der Waals surface area contributed by atoms with Gasteiger partial charge in [0, 0.05) is 24.5 Å². The molecular weight excluding hydrogens is 262 g/mol. The van der Waals surface area contributed by atoms with E-state index in [-0.39, 0.29) is 6.10 Å². The van der Waals surface area contributed by atoms with Gasteiger partial charge in [-0.2, -0.15) is 5.10 Å². The minimum Gasteiger partial charge on any atom is -0.491 e. The van der Waals surface area contributed by atoms with E-state index in [9.17, 15) is 0 Å². The van der Waals surface area contributed by atoms with E-state index < -0.39 is 0 Å². The van der Waals surface area contributed by atoms with Gasteiger partial charge in [-0.15, -0.1) is 0 Å². The zero-order valence-electron chi connectivity index (χ0n) is 13.3. The van der Waals surface area contributed by atoms with Gasteiger partial charge in [-0.3, -0.25) is 4.68 Å². The van der Waals surface area contributed by atoms with E-state index in [0.717, 1.165) is 12.3 Å². The van der Waals surface area contributed by atoms with Gasteiger partial charge in [0.25, 0.3) is 0 Å². The SMILES string of the molecule is CC(Cn1cccn1)NC(C)c1ccc(OC(C)C)cc1. The third kappa shape index (κ3) is 4.90. The fourth-order valence-corrected chi connectivity index (χ4v) is 2.37. The van der Waals surface area contributed by atoms with Crippen molar-refractivity contribution in [1.82, 2.24) is 15.1 Å². The van der Waals surface area contributed by atoms with E-state index in [2.05, 4.69) is 36.4 Å². The average molecular weight is 287 g/mol. The summed E-state index contributed by atoms with van der Waals surface area (Å²) in [5, 5.41) is 7.83. The van der Waals surface area contributed by atoms with Crippen molar-refractivity contribution in [3.05, 3.63) is 48.3 Å². The Bertz CT molecular complexity index is 519. The normalized spacial score (nSPS) is 14.1. The highest BCUT2D eigenvalue weighted by atomic mass is 16.5. The second kappa shape index (κ2) is 7.27. The van der Waals surface area contributed by atoms with Crippen molar-refractivity contribution in [2.24, 2.45) is 0 Å². The maximum Gasteiger partial charge on any atom is 0.119 e. The first-order valence-corrected chi connectivity index (χ1v) is 7.54. The van der Waals surface area contributed by atoms with E-state index in [1.54, 1.807) is 0 Å². The van der Waals surface area contributed by atoms with Crippen molar-refractivity contribution >= 4 is 0 Å². The smallest absolute Gasteiger partial charge is 0.119 e. The number of hydrogen-bond acceptors (Lipinski definition) is 3. The fraction of sp³-hybridized carbons (Fsp3) is 0.471. The Labute approximate surface area is 127 Å². The second-order valence-corrected chi connectivity index (χ2v) is 5.75. The van der Waals surface area contributed by atoms with Gasteiger partial charge in [0.1, 0.15) is 5.75 Å². The van der Waals surface area contributed by atoms with E-state index in [1.165, 1.54) is 5.56 Å². The minimum atomic E-state index is 0.209. The van der Waals surface area contributed by atoms with Gasteiger partial charge in [-0.05, 0) is 51.5 Å². The standard InChI is InChI=1S/C17H25N3O/c1-13(2)21-17-8-6-16(7-9-17)15(4)19-14(3)12-20-11-5-10-18-20/h5-11,13-15,19H,12H2,1-4H3. The Morgan fingerprint density at radius 2 is 1.86 bits per heavy atom. The molecule has 0 spiro atoms. The van der Waals surface area contributed by atoms with E-state index >= 15 is 0 Å². The first kappa shape index (κ1) is 15.6. The lowest BCUT2D eigenvalue weighted by molar-refractivity contribution is 0.242. The molecule has 4 nitrogen and oxygen atoms in total. The first-order chi connectivity index (χ1) is 10.0.